The predicted molar refractivity (Wildman–Crippen MR) is 74.4 cm³/mol. The second kappa shape index (κ2) is 8.06. The van der Waals surface area contributed by atoms with Gasteiger partial charge in [-0.25, -0.2) is 4.79 Å². The van der Waals surface area contributed by atoms with Gasteiger partial charge < -0.3 is 0 Å². The van der Waals surface area contributed by atoms with Crippen LogP contribution in [0.25, 0.3) is 0 Å². The van der Waals surface area contributed by atoms with Crippen LogP contribution in [0.4, 0.5) is 4.53 Å². The quantitative estimate of drug-likeness (QED) is 0.783. The van der Waals surface area contributed by atoms with Crippen LogP contribution in [0.15, 0.2) is 48.8 Å². The van der Waals surface area contributed by atoms with Crippen molar-refractivity contribution in [2.24, 2.45) is 0 Å². The molecule has 0 fully saturated rings. The average Bonchev–Trinajstić information content (AvgIpc) is 2.54. The summed E-state index contributed by atoms with van der Waals surface area (Å²) in [6, 6.07) is 11.3. The molecular weight excluding hydrogens is 273 g/mol. The molecule has 0 aliphatic carbocycles. The van der Waals surface area contributed by atoms with E-state index >= 15 is 0 Å². The zero-order valence-electron chi connectivity index (χ0n) is 11.5. The lowest BCUT2D eigenvalue weighted by Gasteiger charge is -2.20. The lowest BCUT2D eigenvalue weighted by molar-refractivity contribution is -0.184. The third-order valence-corrected chi connectivity index (χ3v) is 2.94. The van der Waals surface area contributed by atoms with Gasteiger partial charge in [-0.2, -0.15) is 0 Å². The molecular formula is C15H16FN3O2. The van der Waals surface area contributed by atoms with Crippen molar-refractivity contribution in [3.05, 3.63) is 60.2 Å². The number of hydrogen-bond acceptors (Lipinski definition) is 5. The van der Waals surface area contributed by atoms with Gasteiger partial charge in [0, 0.05) is 36.6 Å². The number of halogens is 1. The highest BCUT2D eigenvalue weighted by Gasteiger charge is 2.12. The summed E-state index contributed by atoms with van der Waals surface area (Å²) < 4.78 is 11.8. The van der Waals surface area contributed by atoms with E-state index in [1.165, 1.54) is 0 Å². The Morgan fingerprint density at radius 3 is 2.05 bits per heavy atom. The molecule has 0 saturated carbocycles. The molecule has 0 atom stereocenters. The third kappa shape index (κ3) is 5.27. The van der Waals surface area contributed by atoms with Crippen LogP contribution < -0.4 is 0 Å². The molecule has 110 valence electrons. The first-order valence-electron chi connectivity index (χ1n) is 6.61. The molecule has 0 aliphatic heterocycles. The van der Waals surface area contributed by atoms with E-state index < -0.39 is 5.97 Å². The minimum Gasteiger partial charge on any atom is -0.291 e. The van der Waals surface area contributed by atoms with E-state index in [2.05, 4.69) is 14.9 Å². The summed E-state index contributed by atoms with van der Waals surface area (Å²) in [6.07, 6.45) is 3.41. The normalized spacial score (nSPS) is 10.6. The molecule has 0 unspecified atom stereocenters. The Morgan fingerprint density at radius 1 is 1.05 bits per heavy atom. The van der Waals surface area contributed by atoms with Gasteiger partial charge >= 0.3 is 5.97 Å². The number of hydrogen-bond donors (Lipinski definition) is 0. The van der Waals surface area contributed by atoms with E-state index in [1.807, 2.05) is 41.3 Å². The fourth-order valence-electron chi connectivity index (χ4n) is 1.94. The predicted octanol–water partition coefficient (Wildman–Crippen LogP) is 2.30. The van der Waals surface area contributed by atoms with E-state index in [0.717, 1.165) is 11.4 Å². The number of aromatic nitrogens is 2. The molecule has 6 heteroatoms. The number of rotatable bonds is 7. The van der Waals surface area contributed by atoms with Crippen LogP contribution in [0.5, 0.6) is 0 Å². The Hall–Kier alpha value is -2.34. The Bertz CT molecular complexity index is 510. The molecule has 2 heterocycles. The molecule has 0 radical (unpaired) electrons. The van der Waals surface area contributed by atoms with Crippen molar-refractivity contribution in [2.75, 3.05) is 6.54 Å². The molecule has 0 aromatic carbocycles. The van der Waals surface area contributed by atoms with E-state index in [9.17, 15) is 9.32 Å². The fourth-order valence-corrected chi connectivity index (χ4v) is 1.94. The molecule has 2 aromatic rings. The SMILES string of the molecule is O=C(CCN(Cc1ccccn1)Cc1ccccn1)OF. The minimum atomic E-state index is -0.873. The van der Waals surface area contributed by atoms with Gasteiger partial charge in [-0.1, -0.05) is 12.1 Å². The van der Waals surface area contributed by atoms with Gasteiger partial charge in [0.25, 0.3) is 0 Å². The summed E-state index contributed by atoms with van der Waals surface area (Å²) >= 11 is 0. The summed E-state index contributed by atoms with van der Waals surface area (Å²) in [7, 11) is 0. The van der Waals surface area contributed by atoms with Gasteiger partial charge in [0.05, 0.1) is 17.8 Å². The van der Waals surface area contributed by atoms with Gasteiger partial charge in [-0.05, 0) is 24.3 Å². The highest BCUT2D eigenvalue weighted by molar-refractivity contribution is 5.68. The monoisotopic (exact) mass is 289 g/mol. The molecule has 0 saturated heterocycles. The van der Waals surface area contributed by atoms with E-state index in [-0.39, 0.29) is 6.42 Å². The molecule has 5 nitrogen and oxygen atoms in total. The van der Waals surface area contributed by atoms with Gasteiger partial charge in [-0.3, -0.25) is 19.8 Å². The van der Waals surface area contributed by atoms with Crippen molar-refractivity contribution in [1.82, 2.24) is 14.9 Å². The number of carbonyl (C=O) groups is 1. The molecule has 0 spiro atoms. The van der Waals surface area contributed by atoms with Crippen LogP contribution >= 0.6 is 0 Å². The first kappa shape index (κ1) is 15.1. The average molecular weight is 289 g/mol. The first-order chi connectivity index (χ1) is 10.3. The first-order valence-corrected chi connectivity index (χ1v) is 6.61. The van der Waals surface area contributed by atoms with Crippen molar-refractivity contribution >= 4 is 5.97 Å². The third-order valence-electron chi connectivity index (χ3n) is 2.94. The largest absolute Gasteiger partial charge is 0.350 e. The summed E-state index contributed by atoms with van der Waals surface area (Å²) in [4.78, 5) is 24.7. The summed E-state index contributed by atoms with van der Waals surface area (Å²) in [5, 5.41) is 0. The van der Waals surface area contributed by atoms with Gasteiger partial charge in [0.15, 0.2) is 0 Å². The lowest BCUT2D eigenvalue weighted by Crippen LogP contribution is -2.26. The lowest BCUT2D eigenvalue weighted by atomic mass is 10.2. The van der Waals surface area contributed by atoms with E-state index in [1.54, 1.807) is 12.4 Å². The van der Waals surface area contributed by atoms with E-state index in [0.29, 0.717) is 19.6 Å². The maximum Gasteiger partial charge on any atom is 0.350 e. The minimum absolute atomic E-state index is 0.0177. The zero-order valence-corrected chi connectivity index (χ0v) is 11.5. The highest BCUT2D eigenvalue weighted by Crippen LogP contribution is 2.08. The van der Waals surface area contributed by atoms with Gasteiger partial charge in [-0.15, -0.1) is 0 Å². The fraction of sp³-hybridized carbons (Fsp3) is 0.267. The van der Waals surface area contributed by atoms with Crippen LogP contribution in [0, 0.1) is 0 Å². The van der Waals surface area contributed by atoms with Crippen LogP contribution in [0.2, 0.25) is 0 Å². The Balaban J connectivity index is 2.01. The molecule has 21 heavy (non-hydrogen) atoms. The van der Waals surface area contributed by atoms with Crippen LogP contribution in [-0.2, 0) is 22.8 Å². The standard InChI is InChI=1S/C15H16FN3O2/c16-21-15(20)7-10-19(11-13-5-1-3-8-17-13)12-14-6-2-4-9-18-14/h1-6,8-9H,7,10-12H2. The molecule has 0 bridgehead atoms. The highest BCUT2D eigenvalue weighted by atomic mass is 19.3. The van der Waals surface area contributed by atoms with Crippen molar-refractivity contribution < 1.29 is 14.3 Å². The van der Waals surface area contributed by atoms with Crippen LogP contribution in [0.3, 0.4) is 0 Å². The molecule has 2 rings (SSSR count). The maximum atomic E-state index is 11.8. The summed E-state index contributed by atoms with van der Waals surface area (Å²) in [5.41, 5.74) is 1.75. The Morgan fingerprint density at radius 2 is 1.62 bits per heavy atom. The summed E-state index contributed by atoms with van der Waals surface area (Å²) in [5.74, 6) is -0.873. The Labute approximate surface area is 122 Å². The van der Waals surface area contributed by atoms with Gasteiger partial charge in [0.1, 0.15) is 0 Å². The smallest absolute Gasteiger partial charge is 0.291 e. The van der Waals surface area contributed by atoms with E-state index in [4.69, 9.17) is 0 Å². The maximum absolute atomic E-state index is 11.8. The Kier molecular flexibility index (Phi) is 5.78. The van der Waals surface area contributed by atoms with Crippen molar-refractivity contribution in [3.63, 3.8) is 0 Å². The van der Waals surface area contributed by atoms with Gasteiger partial charge in [0.2, 0.25) is 0 Å². The van der Waals surface area contributed by atoms with Crippen molar-refractivity contribution in [1.29, 1.82) is 0 Å². The molecule has 0 N–H and O–H groups in total. The number of carbonyl (C=O) groups excluding carboxylic acids is 1. The van der Waals surface area contributed by atoms with Crippen molar-refractivity contribution in [2.45, 2.75) is 19.5 Å². The van der Waals surface area contributed by atoms with Crippen LogP contribution in [0.1, 0.15) is 17.8 Å². The van der Waals surface area contributed by atoms with Crippen molar-refractivity contribution in [3.8, 4) is 0 Å². The van der Waals surface area contributed by atoms with Crippen LogP contribution in [-0.4, -0.2) is 27.4 Å². The number of nitrogens with zero attached hydrogens (tertiary/aromatic N) is 3. The molecule has 0 aliphatic rings. The molecule has 0 amide bonds. The zero-order chi connectivity index (χ0) is 14.9. The second-order valence-corrected chi connectivity index (χ2v) is 4.55. The topological polar surface area (TPSA) is 55.3 Å². The molecule has 2 aromatic heterocycles. The number of pyridine rings is 2. The second-order valence-electron chi connectivity index (χ2n) is 4.55. The summed E-state index contributed by atoms with van der Waals surface area (Å²) in [6.45, 7) is 1.48.